The van der Waals surface area contributed by atoms with Gasteiger partial charge in [0.25, 0.3) is 0 Å². The van der Waals surface area contributed by atoms with Crippen molar-refractivity contribution >= 4 is 16.9 Å². The highest BCUT2D eigenvalue weighted by Crippen LogP contribution is 2.27. The highest BCUT2D eigenvalue weighted by Gasteiger charge is 2.18. The molecule has 0 amide bonds. The van der Waals surface area contributed by atoms with E-state index in [9.17, 15) is 0 Å². The number of hydrogen-bond acceptors (Lipinski definition) is 5. The Bertz CT molecular complexity index is 853. The van der Waals surface area contributed by atoms with Crippen molar-refractivity contribution in [1.29, 1.82) is 0 Å². The van der Waals surface area contributed by atoms with Gasteiger partial charge in [-0.05, 0) is 13.1 Å². The molecule has 1 aliphatic heterocycles. The number of nitrogens with zero attached hydrogens (tertiary/aromatic N) is 3. The predicted octanol–water partition coefficient (Wildman–Crippen LogP) is 3.04. The molecule has 4 rings (SSSR count). The Morgan fingerprint density at radius 2 is 1.88 bits per heavy atom. The average Bonchev–Trinajstić information content (AvgIpc) is 2.66. The molecule has 0 bridgehead atoms. The Morgan fingerprint density at radius 1 is 1.08 bits per heavy atom. The fourth-order valence-electron chi connectivity index (χ4n) is 3.17. The summed E-state index contributed by atoms with van der Waals surface area (Å²) in [5, 5.41) is 4.43. The lowest BCUT2D eigenvalue weighted by molar-refractivity contribution is -0.0117. The van der Waals surface area contributed by atoms with Crippen molar-refractivity contribution in [3.63, 3.8) is 0 Å². The molecular formula is C20H22N4O. The van der Waals surface area contributed by atoms with Crippen LogP contribution in [0.25, 0.3) is 22.2 Å². The third-order valence-corrected chi connectivity index (χ3v) is 4.48. The van der Waals surface area contributed by atoms with Crippen LogP contribution in [0.4, 0.5) is 5.95 Å². The number of ether oxygens (including phenoxy) is 1. The van der Waals surface area contributed by atoms with Gasteiger partial charge in [-0.15, -0.1) is 0 Å². The second-order valence-electron chi connectivity index (χ2n) is 6.41. The maximum absolute atomic E-state index is 5.81. The zero-order chi connectivity index (χ0) is 17.1. The Kier molecular flexibility index (Phi) is 4.59. The number of aromatic nitrogens is 2. The van der Waals surface area contributed by atoms with E-state index in [0.717, 1.165) is 41.9 Å². The maximum Gasteiger partial charge on any atom is 0.223 e. The molecule has 0 spiro atoms. The standard InChI is InChI=1S/C20H22N4O/c1-24-11-12-25-16(14-24)13-21-20-22-18-10-6-5-9-17(18)19(23-20)15-7-3-2-4-8-15/h2-10,16H,11-14H2,1H3,(H,21,22,23). The Labute approximate surface area is 147 Å². The number of likely N-dealkylation sites (N-methyl/N-ethyl adjacent to an activating group) is 1. The van der Waals surface area contributed by atoms with Crippen LogP contribution < -0.4 is 5.32 Å². The number of rotatable bonds is 4. The summed E-state index contributed by atoms with van der Waals surface area (Å²) in [6.45, 7) is 3.39. The maximum atomic E-state index is 5.81. The second kappa shape index (κ2) is 7.17. The minimum Gasteiger partial charge on any atom is -0.374 e. The van der Waals surface area contributed by atoms with Crippen molar-refractivity contribution in [2.45, 2.75) is 6.10 Å². The van der Waals surface area contributed by atoms with Crippen LogP contribution in [0.2, 0.25) is 0 Å². The molecule has 1 fully saturated rings. The lowest BCUT2D eigenvalue weighted by Crippen LogP contribution is -2.43. The van der Waals surface area contributed by atoms with Crippen molar-refractivity contribution in [3.05, 3.63) is 54.6 Å². The van der Waals surface area contributed by atoms with Crippen LogP contribution in [-0.4, -0.2) is 54.3 Å². The van der Waals surface area contributed by atoms with Crippen LogP contribution in [0.15, 0.2) is 54.6 Å². The molecule has 25 heavy (non-hydrogen) atoms. The normalized spacial score (nSPS) is 18.4. The van der Waals surface area contributed by atoms with Crippen LogP contribution in [0.1, 0.15) is 0 Å². The second-order valence-corrected chi connectivity index (χ2v) is 6.41. The number of morpholine rings is 1. The fraction of sp³-hybridized carbons (Fsp3) is 0.300. The molecule has 1 atom stereocenters. The highest BCUT2D eigenvalue weighted by molar-refractivity contribution is 5.93. The van der Waals surface area contributed by atoms with Gasteiger partial charge in [-0.3, -0.25) is 0 Å². The smallest absolute Gasteiger partial charge is 0.223 e. The van der Waals surface area contributed by atoms with Crippen molar-refractivity contribution in [3.8, 4) is 11.3 Å². The molecule has 0 aliphatic carbocycles. The molecule has 1 aliphatic rings. The largest absolute Gasteiger partial charge is 0.374 e. The van der Waals surface area contributed by atoms with E-state index < -0.39 is 0 Å². The molecule has 128 valence electrons. The van der Waals surface area contributed by atoms with Gasteiger partial charge in [0.1, 0.15) is 0 Å². The summed E-state index contributed by atoms with van der Waals surface area (Å²) in [4.78, 5) is 11.7. The van der Waals surface area contributed by atoms with Gasteiger partial charge in [0, 0.05) is 30.6 Å². The molecule has 1 saturated heterocycles. The molecule has 1 N–H and O–H groups in total. The lowest BCUT2D eigenvalue weighted by Gasteiger charge is -2.30. The fourth-order valence-corrected chi connectivity index (χ4v) is 3.17. The molecule has 2 aromatic carbocycles. The average molecular weight is 334 g/mol. The monoisotopic (exact) mass is 334 g/mol. The lowest BCUT2D eigenvalue weighted by atomic mass is 10.1. The molecule has 5 heteroatoms. The van der Waals surface area contributed by atoms with Crippen LogP contribution in [0.3, 0.4) is 0 Å². The Hall–Kier alpha value is -2.50. The quantitative estimate of drug-likeness (QED) is 0.795. The Balaban J connectivity index is 1.63. The van der Waals surface area contributed by atoms with Crippen LogP contribution in [-0.2, 0) is 4.74 Å². The van der Waals surface area contributed by atoms with Crippen molar-refractivity contribution in [2.75, 3.05) is 38.6 Å². The minimum atomic E-state index is 0.161. The molecule has 1 unspecified atom stereocenters. The molecular weight excluding hydrogens is 312 g/mol. The molecule has 2 heterocycles. The van der Waals surface area contributed by atoms with Gasteiger partial charge in [-0.1, -0.05) is 48.5 Å². The summed E-state index contributed by atoms with van der Waals surface area (Å²) in [6.07, 6.45) is 0.161. The summed E-state index contributed by atoms with van der Waals surface area (Å²) in [7, 11) is 2.12. The first kappa shape index (κ1) is 16.0. The van der Waals surface area contributed by atoms with E-state index >= 15 is 0 Å². The molecule has 3 aromatic rings. The van der Waals surface area contributed by atoms with Gasteiger partial charge in [0.15, 0.2) is 0 Å². The number of nitrogens with one attached hydrogen (secondary N) is 1. The summed E-state index contributed by atoms with van der Waals surface area (Å²) in [5.74, 6) is 0.648. The predicted molar refractivity (Wildman–Crippen MR) is 101 cm³/mol. The van der Waals surface area contributed by atoms with Crippen LogP contribution in [0, 0.1) is 0 Å². The summed E-state index contributed by atoms with van der Waals surface area (Å²) < 4.78 is 5.81. The SMILES string of the molecule is CN1CCOC(CNc2nc(-c3ccccc3)c3ccccc3n2)C1. The van der Waals surface area contributed by atoms with Gasteiger partial charge in [0.05, 0.1) is 23.9 Å². The summed E-state index contributed by atoms with van der Waals surface area (Å²) in [6, 6.07) is 18.4. The van der Waals surface area contributed by atoms with E-state index in [-0.39, 0.29) is 6.10 Å². The first-order valence-electron chi connectivity index (χ1n) is 8.66. The third-order valence-electron chi connectivity index (χ3n) is 4.48. The van der Waals surface area contributed by atoms with Crippen molar-refractivity contribution < 1.29 is 4.74 Å². The first-order chi connectivity index (χ1) is 12.3. The van der Waals surface area contributed by atoms with E-state index in [1.165, 1.54) is 0 Å². The van der Waals surface area contributed by atoms with Gasteiger partial charge in [-0.2, -0.15) is 0 Å². The summed E-state index contributed by atoms with van der Waals surface area (Å²) in [5.41, 5.74) is 2.99. The number of para-hydroxylation sites is 1. The highest BCUT2D eigenvalue weighted by atomic mass is 16.5. The number of fused-ring (bicyclic) bond motifs is 1. The van der Waals surface area contributed by atoms with Gasteiger partial charge < -0.3 is 15.0 Å². The number of hydrogen-bond donors (Lipinski definition) is 1. The zero-order valence-corrected chi connectivity index (χ0v) is 14.4. The van der Waals surface area contributed by atoms with Gasteiger partial charge in [0.2, 0.25) is 5.95 Å². The number of benzene rings is 2. The van der Waals surface area contributed by atoms with E-state index in [2.05, 4.69) is 40.4 Å². The van der Waals surface area contributed by atoms with Crippen molar-refractivity contribution in [2.24, 2.45) is 0 Å². The molecule has 0 saturated carbocycles. The van der Waals surface area contributed by atoms with Gasteiger partial charge in [-0.25, -0.2) is 9.97 Å². The number of anilines is 1. The first-order valence-corrected chi connectivity index (χ1v) is 8.66. The topological polar surface area (TPSA) is 50.3 Å². The van der Waals surface area contributed by atoms with Gasteiger partial charge >= 0.3 is 0 Å². The van der Waals surface area contributed by atoms with Crippen LogP contribution in [0.5, 0.6) is 0 Å². The van der Waals surface area contributed by atoms with E-state index in [4.69, 9.17) is 9.72 Å². The molecule has 0 radical (unpaired) electrons. The molecule has 1 aromatic heterocycles. The van der Waals surface area contributed by atoms with Crippen molar-refractivity contribution in [1.82, 2.24) is 14.9 Å². The summed E-state index contributed by atoms with van der Waals surface area (Å²) >= 11 is 0. The minimum absolute atomic E-state index is 0.161. The van der Waals surface area contributed by atoms with E-state index in [1.54, 1.807) is 0 Å². The Morgan fingerprint density at radius 3 is 2.72 bits per heavy atom. The van der Waals surface area contributed by atoms with E-state index in [1.807, 2.05) is 36.4 Å². The van der Waals surface area contributed by atoms with Crippen LogP contribution >= 0.6 is 0 Å². The molecule has 5 nitrogen and oxygen atoms in total. The third kappa shape index (κ3) is 3.62. The van der Waals surface area contributed by atoms with E-state index in [0.29, 0.717) is 12.5 Å². The zero-order valence-electron chi connectivity index (χ0n) is 14.4.